The molecule has 0 fully saturated rings. The largest absolute Gasteiger partial charge is 0.325 e. The van der Waals surface area contributed by atoms with Gasteiger partial charge in [0, 0.05) is 0 Å². The summed E-state index contributed by atoms with van der Waals surface area (Å²) in [6.07, 6.45) is 0.938. The first-order chi connectivity index (χ1) is 9.22. The van der Waals surface area contributed by atoms with E-state index in [1.54, 1.807) is 12.1 Å². The zero-order valence-corrected chi connectivity index (χ0v) is 12.4. The fourth-order valence-electron chi connectivity index (χ4n) is 1.57. The van der Waals surface area contributed by atoms with Gasteiger partial charge in [-0.25, -0.2) is 21.9 Å². The summed E-state index contributed by atoms with van der Waals surface area (Å²) in [6.45, 7) is 2.16. The van der Waals surface area contributed by atoms with Crippen LogP contribution in [0.4, 0.5) is 8.78 Å². The van der Waals surface area contributed by atoms with Crippen molar-refractivity contribution < 1.29 is 17.2 Å². The second kappa shape index (κ2) is 6.60. The molecule has 0 spiro atoms. The van der Waals surface area contributed by atoms with Gasteiger partial charge in [-0.2, -0.15) is 0 Å². The molecule has 20 heavy (non-hydrogen) atoms. The molecule has 1 atom stereocenters. The topological polar surface area (TPSA) is 72.2 Å². The SMILES string of the molecule is CCC(C)c1ccc(S(=O)(=O)NCC(F)(F)CN)cc1. The van der Waals surface area contributed by atoms with Crippen LogP contribution in [-0.2, 0) is 10.0 Å². The molecular formula is C13H20F2N2O2S. The van der Waals surface area contributed by atoms with Crippen molar-refractivity contribution in [1.82, 2.24) is 4.72 Å². The van der Waals surface area contributed by atoms with E-state index >= 15 is 0 Å². The fourth-order valence-corrected chi connectivity index (χ4v) is 2.63. The van der Waals surface area contributed by atoms with Crippen LogP contribution in [0.15, 0.2) is 29.2 Å². The van der Waals surface area contributed by atoms with E-state index in [9.17, 15) is 17.2 Å². The fraction of sp³-hybridized carbons (Fsp3) is 0.538. The molecule has 0 saturated heterocycles. The van der Waals surface area contributed by atoms with Crippen molar-refractivity contribution in [2.75, 3.05) is 13.1 Å². The number of hydrogen-bond acceptors (Lipinski definition) is 3. The van der Waals surface area contributed by atoms with Gasteiger partial charge < -0.3 is 5.73 Å². The maximum absolute atomic E-state index is 13.0. The van der Waals surface area contributed by atoms with E-state index in [0.717, 1.165) is 12.0 Å². The van der Waals surface area contributed by atoms with Gasteiger partial charge in [0.25, 0.3) is 5.92 Å². The van der Waals surface area contributed by atoms with Crippen LogP contribution in [0.2, 0.25) is 0 Å². The molecule has 0 aromatic heterocycles. The Bertz CT molecular complexity index is 530. The van der Waals surface area contributed by atoms with Crippen LogP contribution in [0, 0.1) is 0 Å². The van der Waals surface area contributed by atoms with Crippen molar-refractivity contribution in [2.45, 2.75) is 37.0 Å². The predicted molar refractivity (Wildman–Crippen MR) is 74.3 cm³/mol. The molecule has 0 heterocycles. The first kappa shape index (κ1) is 17.0. The second-order valence-electron chi connectivity index (χ2n) is 4.76. The number of benzene rings is 1. The zero-order valence-electron chi connectivity index (χ0n) is 11.6. The van der Waals surface area contributed by atoms with Gasteiger partial charge in [0.15, 0.2) is 0 Å². The molecule has 1 rings (SSSR count). The van der Waals surface area contributed by atoms with E-state index in [1.165, 1.54) is 12.1 Å². The summed E-state index contributed by atoms with van der Waals surface area (Å²) in [7, 11) is -3.94. The first-order valence-corrected chi connectivity index (χ1v) is 7.87. The van der Waals surface area contributed by atoms with E-state index in [4.69, 9.17) is 5.73 Å². The number of hydrogen-bond donors (Lipinski definition) is 2. The third kappa shape index (κ3) is 4.50. The van der Waals surface area contributed by atoms with E-state index in [2.05, 4.69) is 0 Å². The molecule has 1 unspecified atom stereocenters. The molecule has 4 nitrogen and oxygen atoms in total. The van der Waals surface area contributed by atoms with Crippen LogP contribution in [0.1, 0.15) is 31.7 Å². The van der Waals surface area contributed by atoms with Gasteiger partial charge in [-0.05, 0) is 30.0 Å². The van der Waals surface area contributed by atoms with E-state index in [-0.39, 0.29) is 4.90 Å². The number of nitrogens with one attached hydrogen (secondary N) is 1. The van der Waals surface area contributed by atoms with Crippen molar-refractivity contribution in [1.29, 1.82) is 0 Å². The molecule has 0 aliphatic carbocycles. The molecule has 0 aliphatic rings. The molecule has 0 aliphatic heterocycles. The Kier molecular flexibility index (Phi) is 5.61. The van der Waals surface area contributed by atoms with Gasteiger partial charge in [-0.15, -0.1) is 0 Å². The maximum Gasteiger partial charge on any atom is 0.273 e. The van der Waals surface area contributed by atoms with Crippen LogP contribution in [-0.4, -0.2) is 27.4 Å². The standard InChI is InChI=1S/C13H20F2N2O2S/c1-3-10(2)11-4-6-12(7-5-11)20(18,19)17-9-13(14,15)8-16/h4-7,10,17H,3,8-9,16H2,1-2H3. The predicted octanol–water partition coefficient (Wildman–Crippen LogP) is 2.07. The van der Waals surface area contributed by atoms with Crippen molar-refractivity contribution in [3.8, 4) is 0 Å². The van der Waals surface area contributed by atoms with Crippen LogP contribution in [0.3, 0.4) is 0 Å². The summed E-state index contributed by atoms with van der Waals surface area (Å²) >= 11 is 0. The molecular weight excluding hydrogens is 286 g/mol. The van der Waals surface area contributed by atoms with Crippen molar-refractivity contribution in [3.63, 3.8) is 0 Å². The molecule has 114 valence electrons. The summed E-state index contributed by atoms with van der Waals surface area (Å²) in [5.74, 6) is -2.93. The third-order valence-electron chi connectivity index (χ3n) is 3.19. The van der Waals surface area contributed by atoms with E-state index in [0.29, 0.717) is 5.92 Å². The number of halogens is 2. The third-order valence-corrected chi connectivity index (χ3v) is 4.61. The maximum atomic E-state index is 13.0. The van der Waals surface area contributed by atoms with Gasteiger partial charge in [0.1, 0.15) is 0 Å². The number of sulfonamides is 1. The monoisotopic (exact) mass is 306 g/mol. The highest BCUT2D eigenvalue weighted by Gasteiger charge is 2.29. The summed E-state index contributed by atoms with van der Waals surface area (Å²) in [6, 6.07) is 6.24. The Hall–Kier alpha value is -1.05. The molecule has 1 aromatic carbocycles. The van der Waals surface area contributed by atoms with Gasteiger partial charge >= 0.3 is 0 Å². The quantitative estimate of drug-likeness (QED) is 0.810. The highest BCUT2D eigenvalue weighted by molar-refractivity contribution is 7.89. The lowest BCUT2D eigenvalue weighted by molar-refractivity contribution is 0.0170. The average molecular weight is 306 g/mol. The van der Waals surface area contributed by atoms with Gasteiger partial charge in [0.2, 0.25) is 10.0 Å². The first-order valence-electron chi connectivity index (χ1n) is 6.39. The highest BCUT2D eigenvalue weighted by Crippen LogP contribution is 2.20. The van der Waals surface area contributed by atoms with Gasteiger partial charge in [-0.1, -0.05) is 26.0 Å². The number of nitrogens with two attached hydrogens (primary N) is 1. The molecule has 1 aromatic rings. The minimum Gasteiger partial charge on any atom is -0.325 e. The molecule has 0 saturated carbocycles. The minimum absolute atomic E-state index is 0.0302. The summed E-state index contributed by atoms with van der Waals surface area (Å²) in [5.41, 5.74) is 5.87. The van der Waals surface area contributed by atoms with Crippen molar-refractivity contribution in [2.24, 2.45) is 5.73 Å². The Balaban J connectivity index is 2.83. The number of rotatable bonds is 7. The van der Waals surface area contributed by atoms with Gasteiger partial charge in [-0.3, -0.25) is 0 Å². The second-order valence-corrected chi connectivity index (χ2v) is 6.53. The normalized spacial score (nSPS) is 14.2. The van der Waals surface area contributed by atoms with Crippen LogP contribution in [0.25, 0.3) is 0 Å². The Morgan fingerprint density at radius 3 is 2.30 bits per heavy atom. The smallest absolute Gasteiger partial charge is 0.273 e. The molecule has 3 N–H and O–H groups in total. The van der Waals surface area contributed by atoms with Gasteiger partial charge in [0.05, 0.1) is 18.0 Å². The molecule has 0 bridgehead atoms. The Morgan fingerprint density at radius 2 is 1.85 bits per heavy atom. The Morgan fingerprint density at radius 1 is 1.30 bits per heavy atom. The van der Waals surface area contributed by atoms with Crippen LogP contribution < -0.4 is 10.5 Å². The van der Waals surface area contributed by atoms with Crippen LogP contribution >= 0.6 is 0 Å². The van der Waals surface area contributed by atoms with Crippen molar-refractivity contribution in [3.05, 3.63) is 29.8 Å². The lowest BCUT2D eigenvalue weighted by Crippen LogP contribution is -2.41. The van der Waals surface area contributed by atoms with Crippen molar-refractivity contribution >= 4 is 10.0 Å². The summed E-state index contributed by atoms with van der Waals surface area (Å²) in [5, 5.41) is 0. The molecule has 7 heteroatoms. The lowest BCUT2D eigenvalue weighted by Gasteiger charge is -2.15. The average Bonchev–Trinajstić information content (AvgIpc) is 2.45. The highest BCUT2D eigenvalue weighted by atomic mass is 32.2. The summed E-state index contributed by atoms with van der Waals surface area (Å²) < 4.78 is 51.5. The zero-order chi connectivity index (χ0) is 15.4. The van der Waals surface area contributed by atoms with E-state index < -0.39 is 29.0 Å². The Labute approximate surface area is 118 Å². The lowest BCUT2D eigenvalue weighted by atomic mass is 9.99. The number of alkyl halides is 2. The van der Waals surface area contributed by atoms with E-state index in [1.807, 2.05) is 18.6 Å². The molecule has 0 radical (unpaired) electrons. The minimum atomic E-state index is -3.94. The van der Waals surface area contributed by atoms with Crippen LogP contribution in [0.5, 0.6) is 0 Å². The molecule has 0 amide bonds. The summed E-state index contributed by atoms with van der Waals surface area (Å²) in [4.78, 5) is -0.0302.